The molecule has 1 saturated heterocycles. The lowest BCUT2D eigenvalue weighted by Gasteiger charge is -2.25. The number of alkyl halides is 3. The topological polar surface area (TPSA) is 47.7 Å². The van der Waals surface area contributed by atoms with Crippen LogP contribution < -0.4 is 9.47 Å². The summed E-state index contributed by atoms with van der Waals surface area (Å²) in [6, 6.07) is 9.73. The fourth-order valence-electron chi connectivity index (χ4n) is 3.48. The Bertz CT molecular complexity index is 1000. The Morgan fingerprint density at radius 1 is 1.21 bits per heavy atom. The monoisotopic (exact) mass is 424 g/mol. The van der Waals surface area contributed by atoms with Crippen molar-refractivity contribution >= 4 is 22.9 Å². The van der Waals surface area contributed by atoms with Gasteiger partial charge in [-0.05, 0) is 29.8 Å². The first-order valence-electron chi connectivity index (χ1n) is 8.98. The van der Waals surface area contributed by atoms with Gasteiger partial charge in [0, 0.05) is 25.8 Å². The number of aromatic nitrogens is 1. The molecule has 1 aliphatic rings. The Kier molecular flexibility index (Phi) is 5.35. The molecule has 4 rings (SSSR count). The van der Waals surface area contributed by atoms with E-state index in [1.807, 2.05) is 12.1 Å². The van der Waals surface area contributed by atoms with Crippen LogP contribution in [0.4, 0.5) is 13.2 Å². The first-order valence-corrected chi connectivity index (χ1v) is 10.0. The number of hydrogen-bond donors (Lipinski definition) is 0. The van der Waals surface area contributed by atoms with Crippen molar-refractivity contribution in [1.82, 2.24) is 9.88 Å². The SMILES string of the molecule is COc1ccc2nc(C)oc2c1C1SCCN1Cc1ccc(OC(F)(F)F)cc1. The van der Waals surface area contributed by atoms with E-state index in [2.05, 4.69) is 14.6 Å². The van der Waals surface area contributed by atoms with Gasteiger partial charge in [-0.15, -0.1) is 24.9 Å². The smallest absolute Gasteiger partial charge is 0.496 e. The van der Waals surface area contributed by atoms with Crippen molar-refractivity contribution in [3.05, 3.63) is 53.4 Å². The van der Waals surface area contributed by atoms with Crippen molar-refractivity contribution in [2.45, 2.75) is 25.2 Å². The quantitative estimate of drug-likeness (QED) is 0.555. The van der Waals surface area contributed by atoms with Crippen LogP contribution in [0.3, 0.4) is 0 Å². The third-order valence-electron chi connectivity index (χ3n) is 4.66. The third kappa shape index (κ3) is 4.30. The summed E-state index contributed by atoms with van der Waals surface area (Å²) in [6.45, 7) is 3.22. The molecule has 2 heterocycles. The maximum Gasteiger partial charge on any atom is 0.573 e. The molecule has 2 aromatic carbocycles. The van der Waals surface area contributed by atoms with E-state index in [1.165, 1.54) is 12.1 Å². The van der Waals surface area contributed by atoms with Gasteiger partial charge in [-0.2, -0.15) is 0 Å². The zero-order chi connectivity index (χ0) is 20.6. The van der Waals surface area contributed by atoms with Crippen molar-refractivity contribution in [2.75, 3.05) is 19.4 Å². The minimum atomic E-state index is -4.69. The molecule has 0 amide bonds. The zero-order valence-corrected chi connectivity index (χ0v) is 16.6. The fraction of sp³-hybridized carbons (Fsp3) is 0.350. The van der Waals surface area contributed by atoms with Gasteiger partial charge in [-0.25, -0.2) is 4.98 Å². The molecule has 1 atom stereocenters. The summed E-state index contributed by atoms with van der Waals surface area (Å²) in [5.74, 6) is 2.01. The number of fused-ring (bicyclic) bond motifs is 1. The van der Waals surface area contributed by atoms with Gasteiger partial charge in [0.05, 0.1) is 18.0 Å². The Morgan fingerprint density at radius 2 is 1.97 bits per heavy atom. The molecule has 1 unspecified atom stereocenters. The summed E-state index contributed by atoms with van der Waals surface area (Å²) in [6.07, 6.45) is -4.69. The third-order valence-corrected chi connectivity index (χ3v) is 5.93. The average molecular weight is 424 g/mol. The lowest BCUT2D eigenvalue weighted by atomic mass is 10.1. The molecule has 0 spiro atoms. The highest BCUT2D eigenvalue weighted by molar-refractivity contribution is 7.99. The number of halogens is 3. The maximum absolute atomic E-state index is 12.4. The van der Waals surface area contributed by atoms with Gasteiger partial charge in [-0.3, -0.25) is 4.90 Å². The molecular formula is C20H19F3N2O3S. The zero-order valence-electron chi connectivity index (χ0n) is 15.8. The second kappa shape index (κ2) is 7.79. The van der Waals surface area contributed by atoms with Gasteiger partial charge in [0.1, 0.15) is 17.0 Å². The normalized spacial score (nSPS) is 17.8. The summed E-state index contributed by atoms with van der Waals surface area (Å²) < 4.78 is 52.4. The molecule has 0 bridgehead atoms. The van der Waals surface area contributed by atoms with E-state index in [0.717, 1.165) is 34.7 Å². The number of ether oxygens (including phenoxy) is 2. The number of methoxy groups -OCH3 is 1. The molecule has 9 heteroatoms. The second-order valence-corrected chi connectivity index (χ2v) is 7.84. The van der Waals surface area contributed by atoms with Crippen molar-refractivity contribution in [3.8, 4) is 11.5 Å². The second-order valence-electron chi connectivity index (χ2n) is 6.65. The molecule has 0 aliphatic carbocycles. The molecular weight excluding hydrogens is 405 g/mol. The molecule has 1 aliphatic heterocycles. The molecule has 5 nitrogen and oxygen atoms in total. The highest BCUT2D eigenvalue weighted by Crippen LogP contribution is 2.46. The Labute approximate surface area is 169 Å². The molecule has 0 N–H and O–H groups in total. The van der Waals surface area contributed by atoms with Crippen LogP contribution in [0.15, 0.2) is 40.8 Å². The van der Waals surface area contributed by atoms with E-state index in [-0.39, 0.29) is 11.1 Å². The molecule has 0 radical (unpaired) electrons. The van der Waals surface area contributed by atoms with E-state index in [4.69, 9.17) is 9.15 Å². The summed E-state index contributed by atoms with van der Waals surface area (Å²) >= 11 is 1.77. The van der Waals surface area contributed by atoms with Crippen LogP contribution in [0.1, 0.15) is 22.4 Å². The molecule has 154 valence electrons. The predicted octanol–water partition coefficient (Wildman–Crippen LogP) is 5.29. The Morgan fingerprint density at radius 3 is 2.66 bits per heavy atom. The van der Waals surface area contributed by atoms with Crippen molar-refractivity contribution in [3.63, 3.8) is 0 Å². The number of aryl methyl sites for hydroxylation is 1. The van der Waals surface area contributed by atoms with Crippen LogP contribution in [-0.4, -0.2) is 35.7 Å². The van der Waals surface area contributed by atoms with Crippen LogP contribution in [0, 0.1) is 6.92 Å². The number of benzene rings is 2. The van der Waals surface area contributed by atoms with Crippen LogP contribution in [0.2, 0.25) is 0 Å². The van der Waals surface area contributed by atoms with Crippen LogP contribution in [0.5, 0.6) is 11.5 Å². The largest absolute Gasteiger partial charge is 0.573 e. The van der Waals surface area contributed by atoms with Crippen molar-refractivity contribution in [2.24, 2.45) is 0 Å². The van der Waals surface area contributed by atoms with E-state index in [0.29, 0.717) is 18.0 Å². The lowest BCUT2D eigenvalue weighted by molar-refractivity contribution is -0.274. The number of nitrogens with zero attached hydrogens (tertiary/aromatic N) is 2. The maximum atomic E-state index is 12.4. The standard InChI is InChI=1S/C20H19F3N2O3S/c1-12-24-15-7-8-16(26-2)17(18(15)27-12)19-25(9-10-29-19)11-13-3-5-14(6-4-13)28-20(21,22)23/h3-8,19H,9-11H2,1-2H3. The Hall–Kier alpha value is -2.39. The van der Waals surface area contributed by atoms with Crippen LogP contribution in [-0.2, 0) is 6.54 Å². The number of hydrogen-bond acceptors (Lipinski definition) is 6. The van der Waals surface area contributed by atoms with Crippen LogP contribution >= 0.6 is 11.8 Å². The van der Waals surface area contributed by atoms with E-state index in [1.54, 1.807) is 37.9 Å². The van der Waals surface area contributed by atoms with Gasteiger partial charge in [-0.1, -0.05) is 12.1 Å². The van der Waals surface area contributed by atoms with E-state index >= 15 is 0 Å². The molecule has 1 fully saturated rings. The average Bonchev–Trinajstić information content (AvgIpc) is 3.26. The minimum Gasteiger partial charge on any atom is -0.496 e. The van der Waals surface area contributed by atoms with Crippen molar-refractivity contribution < 1.29 is 27.1 Å². The molecule has 1 aromatic heterocycles. The molecule has 3 aromatic rings. The first kappa shape index (κ1) is 19.9. The highest BCUT2D eigenvalue weighted by Gasteiger charge is 2.33. The highest BCUT2D eigenvalue weighted by atomic mass is 32.2. The van der Waals surface area contributed by atoms with Gasteiger partial charge < -0.3 is 13.9 Å². The van der Waals surface area contributed by atoms with Gasteiger partial charge in [0.2, 0.25) is 0 Å². The Balaban J connectivity index is 1.60. The number of thioether (sulfide) groups is 1. The van der Waals surface area contributed by atoms with E-state index < -0.39 is 6.36 Å². The number of oxazole rings is 1. The first-order chi connectivity index (χ1) is 13.8. The van der Waals surface area contributed by atoms with Gasteiger partial charge >= 0.3 is 6.36 Å². The van der Waals surface area contributed by atoms with Crippen molar-refractivity contribution in [1.29, 1.82) is 0 Å². The molecule has 29 heavy (non-hydrogen) atoms. The van der Waals surface area contributed by atoms with Gasteiger partial charge in [0.25, 0.3) is 0 Å². The minimum absolute atomic E-state index is 0.00731. The van der Waals surface area contributed by atoms with E-state index in [9.17, 15) is 13.2 Å². The fourth-order valence-corrected chi connectivity index (χ4v) is 4.82. The van der Waals surface area contributed by atoms with Crippen LogP contribution in [0.25, 0.3) is 11.1 Å². The predicted molar refractivity (Wildman–Crippen MR) is 104 cm³/mol. The lowest BCUT2D eigenvalue weighted by Crippen LogP contribution is -2.23. The summed E-state index contributed by atoms with van der Waals surface area (Å²) in [5, 5.41) is -0.00731. The summed E-state index contributed by atoms with van der Waals surface area (Å²) in [7, 11) is 1.62. The molecule has 0 saturated carbocycles. The summed E-state index contributed by atoms with van der Waals surface area (Å²) in [5.41, 5.74) is 3.32. The van der Waals surface area contributed by atoms with Gasteiger partial charge in [0.15, 0.2) is 11.5 Å². The summed E-state index contributed by atoms with van der Waals surface area (Å²) in [4.78, 5) is 6.66. The number of rotatable bonds is 5.